The number of thiol groups is 1. The summed E-state index contributed by atoms with van der Waals surface area (Å²) in [5.41, 5.74) is 3.60. The lowest BCUT2D eigenvalue weighted by molar-refractivity contribution is 0.560. The van der Waals surface area contributed by atoms with Crippen molar-refractivity contribution in [3.8, 4) is 11.4 Å². The number of rotatable bonds is 13. The second-order valence-electron chi connectivity index (χ2n) is 8.21. The van der Waals surface area contributed by atoms with E-state index >= 15 is 0 Å². The second kappa shape index (κ2) is 13.0. The molecule has 154 valence electrons. The Morgan fingerprint density at radius 1 is 0.857 bits per heavy atom. The summed E-state index contributed by atoms with van der Waals surface area (Å²) in [6.07, 6.45) is 18.2. The maximum atomic E-state index is 4.69. The number of hydrogen-bond donors (Lipinski definition) is 1. The monoisotopic (exact) mass is 398 g/mol. The summed E-state index contributed by atoms with van der Waals surface area (Å²) in [5.74, 6) is 1.48. The number of aromatic nitrogens is 2. The Morgan fingerprint density at radius 3 is 2.11 bits per heavy atom. The van der Waals surface area contributed by atoms with Crippen LogP contribution in [0, 0.1) is 5.92 Å². The van der Waals surface area contributed by atoms with Gasteiger partial charge in [0.15, 0.2) is 5.82 Å². The minimum absolute atomic E-state index is 0.699. The van der Waals surface area contributed by atoms with E-state index in [0.29, 0.717) is 5.92 Å². The lowest BCUT2D eigenvalue weighted by Gasteiger charge is -2.11. The van der Waals surface area contributed by atoms with Crippen LogP contribution in [0.2, 0.25) is 0 Å². The normalized spacial score (nSPS) is 12.3. The van der Waals surface area contributed by atoms with E-state index in [4.69, 9.17) is 0 Å². The van der Waals surface area contributed by atoms with Crippen molar-refractivity contribution in [2.24, 2.45) is 5.92 Å². The molecule has 1 unspecified atom stereocenters. The van der Waals surface area contributed by atoms with Crippen molar-refractivity contribution in [2.45, 2.75) is 96.3 Å². The van der Waals surface area contributed by atoms with Gasteiger partial charge in [0.05, 0.1) is 0 Å². The Morgan fingerprint density at radius 2 is 1.50 bits per heavy atom. The molecule has 2 aromatic rings. The van der Waals surface area contributed by atoms with Crippen molar-refractivity contribution < 1.29 is 0 Å². The molecule has 28 heavy (non-hydrogen) atoms. The van der Waals surface area contributed by atoms with Gasteiger partial charge in [0, 0.05) is 22.9 Å². The smallest absolute Gasteiger partial charge is 0.160 e. The first-order valence-electron chi connectivity index (χ1n) is 11.3. The first-order valence-corrected chi connectivity index (χ1v) is 11.7. The molecule has 1 aromatic carbocycles. The molecule has 2 rings (SSSR count). The Balaban J connectivity index is 1.80. The third-order valence-corrected chi connectivity index (χ3v) is 5.98. The van der Waals surface area contributed by atoms with E-state index in [-0.39, 0.29) is 0 Å². The summed E-state index contributed by atoms with van der Waals surface area (Å²) in [7, 11) is 0. The first-order chi connectivity index (χ1) is 13.6. The SMILES string of the molecule is CCCCCCCCCCc1cnc(-c2ccc(CC(C)CC)cc2S)nc1. The van der Waals surface area contributed by atoms with E-state index in [1.807, 2.05) is 12.4 Å². The number of benzene rings is 1. The van der Waals surface area contributed by atoms with E-state index < -0.39 is 0 Å². The molecule has 0 saturated carbocycles. The van der Waals surface area contributed by atoms with Crippen LogP contribution in [-0.2, 0) is 12.8 Å². The fraction of sp³-hybridized carbons (Fsp3) is 0.600. The Hall–Kier alpha value is -1.35. The van der Waals surface area contributed by atoms with Crippen LogP contribution in [-0.4, -0.2) is 9.97 Å². The van der Waals surface area contributed by atoms with Gasteiger partial charge in [0.1, 0.15) is 0 Å². The van der Waals surface area contributed by atoms with Crippen molar-refractivity contribution in [1.82, 2.24) is 9.97 Å². The number of aryl methyl sites for hydroxylation is 1. The van der Waals surface area contributed by atoms with Gasteiger partial charge in [-0.15, -0.1) is 12.6 Å². The van der Waals surface area contributed by atoms with Crippen molar-refractivity contribution in [1.29, 1.82) is 0 Å². The van der Waals surface area contributed by atoms with Gasteiger partial charge in [-0.25, -0.2) is 9.97 Å². The van der Waals surface area contributed by atoms with Gasteiger partial charge in [-0.05, 0) is 48.4 Å². The molecular weight excluding hydrogens is 360 g/mol. The molecule has 1 atom stereocenters. The molecule has 1 aromatic heterocycles. The molecule has 0 N–H and O–H groups in total. The molecule has 0 aliphatic heterocycles. The van der Waals surface area contributed by atoms with Gasteiger partial charge in [-0.2, -0.15) is 0 Å². The Labute approximate surface area is 178 Å². The summed E-state index contributed by atoms with van der Waals surface area (Å²) in [6, 6.07) is 6.48. The summed E-state index contributed by atoms with van der Waals surface area (Å²) < 4.78 is 0. The highest BCUT2D eigenvalue weighted by molar-refractivity contribution is 7.80. The van der Waals surface area contributed by atoms with Crippen LogP contribution in [0.1, 0.15) is 89.7 Å². The number of unbranched alkanes of at least 4 members (excludes halogenated alkanes) is 7. The van der Waals surface area contributed by atoms with Crippen LogP contribution < -0.4 is 0 Å². The van der Waals surface area contributed by atoms with Crippen molar-refractivity contribution in [2.75, 3.05) is 0 Å². The molecule has 0 aliphatic rings. The van der Waals surface area contributed by atoms with Gasteiger partial charge in [-0.1, -0.05) is 78.2 Å². The topological polar surface area (TPSA) is 25.8 Å². The lowest BCUT2D eigenvalue weighted by atomic mass is 9.98. The van der Waals surface area contributed by atoms with Crippen LogP contribution in [0.5, 0.6) is 0 Å². The zero-order chi connectivity index (χ0) is 20.2. The van der Waals surface area contributed by atoms with Gasteiger partial charge in [-0.3, -0.25) is 0 Å². The minimum Gasteiger partial charge on any atom is -0.236 e. The van der Waals surface area contributed by atoms with E-state index in [1.54, 1.807) is 0 Å². The van der Waals surface area contributed by atoms with Crippen molar-refractivity contribution in [3.05, 3.63) is 41.7 Å². The van der Waals surface area contributed by atoms with E-state index in [9.17, 15) is 0 Å². The molecule has 2 nitrogen and oxygen atoms in total. The summed E-state index contributed by atoms with van der Waals surface area (Å²) in [4.78, 5) is 10.2. The van der Waals surface area contributed by atoms with Crippen LogP contribution in [0.3, 0.4) is 0 Å². The van der Waals surface area contributed by atoms with E-state index in [1.165, 1.54) is 68.9 Å². The lowest BCUT2D eigenvalue weighted by Crippen LogP contribution is -1.99. The van der Waals surface area contributed by atoms with E-state index in [0.717, 1.165) is 29.1 Å². The zero-order valence-corrected chi connectivity index (χ0v) is 19.0. The number of hydrogen-bond acceptors (Lipinski definition) is 3. The van der Waals surface area contributed by atoms with E-state index in [2.05, 4.69) is 61.6 Å². The fourth-order valence-corrected chi connectivity index (χ4v) is 3.87. The summed E-state index contributed by atoms with van der Waals surface area (Å²) in [6.45, 7) is 6.80. The zero-order valence-electron chi connectivity index (χ0n) is 18.1. The molecule has 0 saturated heterocycles. The minimum atomic E-state index is 0.699. The predicted octanol–water partition coefficient (Wildman–Crippen LogP) is 7.70. The Kier molecular flexibility index (Phi) is 10.6. The third kappa shape index (κ3) is 7.95. The predicted molar refractivity (Wildman–Crippen MR) is 124 cm³/mol. The largest absolute Gasteiger partial charge is 0.236 e. The standard InChI is InChI=1S/C25H38N2S/c1-4-6-7-8-9-10-11-12-13-22-18-26-25(27-19-22)23-15-14-21(17-24(23)28)16-20(3)5-2/h14-15,17-20,28H,4-13,16H2,1-3H3. The molecule has 0 fully saturated rings. The van der Waals surface area contributed by atoms with Gasteiger partial charge in [0.2, 0.25) is 0 Å². The third-order valence-electron chi connectivity index (χ3n) is 5.61. The van der Waals surface area contributed by atoms with Gasteiger partial charge >= 0.3 is 0 Å². The average molecular weight is 399 g/mol. The maximum absolute atomic E-state index is 4.69. The van der Waals surface area contributed by atoms with Gasteiger partial charge in [0.25, 0.3) is 0 Å². The highest BCUT2D eigenvalue weighted by atomic mass is 32.1. The molecule has 1 heterocycles. The Bertz CT molecular complexity index is 681. The quantitative estimate of drug-likeness (QED) is 0.276. The first kappa shape index (κ1) is 22.9. The molecule has 0 spiro atoms. The van der Waals surface area contributed by atoms with Crippen LogP contribution in [0.15, 0.2) is 35.5 Å². The second-order valence-corrected chi connectivity index (χ2v) is 8.69. The molecule has 0 amide bonds. The molecule has 0 bridgehead atoms. The number of nitrogens with zero attached hydrogens (tertiary/aromatic N) is 2. The molecule has 3 heteroatoms. The highest BCUT2D eigenvalue weighted by Gasteiger charge is 2.08. The van der Waals surface area contributed by atoms with Crippen LogP contribution in [0.25, 0.3) is 11.4 Å². The molecule has 0 radical (unpaired) electrons. The van der Waals surface area contributed by atoms with Crippen molar-refractivity contribution in [3.63, 3.8) is 0 Å². The highest BCUT2D eigenvalue weighted by Crippen LogP contribution is 2.26. The average Bonchev–Trinajstić information content (AvgIpc) is 2.70. The van der Waals surface area contributed by atoms with Gasteiger partial charge < -0.3 is 0 Å². The van der Waals surface area contributed by atoms with Crippen LogP contribution in [0.4, 0.5) is 0 Å². The van der Waals surface area contributed by atoms with Crippen molar-refractivity contribution >= 4 is 12.6 Å². The molecule has 0 aliphatic carbocycles. The fourth-order valence-electron chi connectivity index (χ4n) is 3.53. The maximum Gasteiger partial charge on any atom is 0.160 e. The summed E-state index contributed by atoms with van der Waals surface area (Å²) >= 11 is 4.69. The van der Waals surface area contributed by atoms with Crippen LogP contribution >= 0.6 is 12.6 Å². The molecular formula is C25H38N2S. The summed E-state index contributed by atoms with van der Waals surface area (Å²) in [5, 5.41) is 0.